The minimum Gasteiger partial charge on any atom is -0.483 e. The number of rotatable bonds is 6. The lowest BCUT2D eigenvalue weighted by molar-refractivity contribution is 0.211. The van der Waals surface area contributed by atoms with E-state index in [1.54, 1.807) is 17.8 Å². The average molecular weight is 394 g/mol. The van der Waals surface area contributed by atoms with Crippen molar-refractivity contribution in [2.24, 2.45) is 7.05 Å². The molecular weight excluding hydrogens is 377 g/mol. The van der Waals surface area contributed by atoms with E-state index in [0.717, 1.165) is 28.0 Å². The molecule has 0 fully saturated rings. The standard InChI is InChI=1S/C18H17Cl2N3OS/c1-12(24-14-6-4-3-5-7-14)17-21-22-18(23(17)2)25-11-13-8-9-15(19)16(20)10-13/h3-10,12H,11H2,1-2H3. The molecule has 3 aromatic rings. The molecular formula is C18H17Cl2N3OS. The number of para-hydroxylation sites is 1. The second-order valence-electron chi connectivity index (χ2n) is 5.51. The van der Waals surface area contributed by atoms with Crippen LogP contribution in [0.2, 0.25) is 10.0 Å². The molecule has 1 unspecified atom stereocenters. The third-order valence-electron chi connectivity index (χ3n) is 3.64. The third kappa shape index (κ3) is 4.48. The lowest BCUT2D eigenvalue weighted by atomic mass is 10.2. The van der Waals surface area contributed by atoms with Crippen molar-refractivity contribution in [1.82, 2.24) is 14.8 Å². The highest BCUT2D eigenvalue weighted by Crippen LogP contribution is 2.28. The molecule has 0 amide bonds. The van der Waals surface area contributed by atoms with Gasteiger partial charge in [0.05, 0.1) is 10.0 Å². The van der Waals surface area contributed by atoms with Gasteiger partial charge in [-0.15, -0.1) is 10.2 Å². The van der Waals surface area contributed by atoms with Crippen molar-refractivity contribution in [1.29, 1.82) is 0 Å². The molecule has 0 aliphatic heterocycles. The minimum atomic E-state index is -0.195. The van der Waals surface area contributed by atoms with Crippen molar-refractivity contribution in [3.05, 3.63) is 70.0 Å². The van der Waals surface area contributed by atoms with E-state index in [-0.39, 0.29) is 6.10 Å². The fourth-order valence-electron chi connectivity index (χ4n) is 2.34. The highest BCUT2D eigenvalue weighted by Gasteiger charge is 2.17. The summed E-state index contributed by atoms with van der Waals surface area (Å²) in [4.78, 5) is 0. The van der Waals surface area contributed by atoms with Crippen molar-refractivity contribution in [2.45, 2.75) is 23.9 Å². The number of nitrogens with zero attached hydrogens (tertiary/aromatic N) is 3. The van der Waals surface area contributed by atoms with Crippen LogP contribution in [0.25, 0.3) is 0 Å². The van der Waals surface area contributed by atoms with Gasteiger partial charge in [0.15, 0.2) is 17.1 Å². The second kappa shape index (κ2) is 8.13. The smallest absolute Gasteiger partial charge is 0.191 e. The molecule has 4 nitrogen and oxygen atoms in total. The van der Waals surface area contributed by atoms with E-state index in [2.05, 4.69) is 10.2 Å². The van der Waals surface area contributed by atoms with E-state index in [1.165, 1.54) is 0 Å². The number of hydrogen-bond donors (Lipinski definition) is 0. The molecule has 25 heavy (non-hydrogen) atoms. The Kier molecular flexibility index (Phi) is 5.89. The Hall–Kier alpha value is -1.69. The zero-order chi connectivity index (χ0) is 17.8. The predicted octanol–water partition coefficient (Wildman–Crippen LogP) is 5.55. The zero-order valence-corrected chi connectivity index (χ0v) is 16.1. The molecule has 0 saturated heterocycles. The van der Waals surface area contributed by atoms with Crippen LogP contribution in [0.1, 0.15) is 24.4 Å². The van der Waals surface area contributed by atoms with Crippen LogP contribution in [-0.2, 0) is 12.8 Å². The normalized spacial score (nSPS) is 12.2. The molecule has 7 heteroatoms. The summed E-state index contributed by atoms with van der Waals surface area (Å²) in [6.45, 7) is 1.96. The van der Waals surface area contributed by atoms with Crippen molar-refractivity contribution in [3.8, 4) is 5.75 Å². The quantitative estimate of drug-likeness (QED) is 0.514. The Bertz CT molecular complexity index is 855. The number of benzene rings is 2. The Morgan fingerprint density at radius 2 is 1.84 bits per heavy atom. The summed E-state index contributed by atoms with van der Waals surface area (Å²) in [5, 5.41) is 10.5. The maximum absolute atomic E-state index is 6.06. The molecule has 0 radical (unpaired) electrons. The summed E-state index contributed by atoms with van der Waals surface area (Å²) in [5.41, 5.74) is 1.08. The highest BCUT2D eigenvalue weighted by atomic mass is 35.5. The van der Waals surface area contributed by atoms with Crippen LogP contribution in [0.4, 0.5) is 0 Å². The van der Waals surface area contributed by atoms with Crippen LogP contribution in [0.5, 0.6) is 5.75 Å². The lowest BCUT2D eigenvalue weighted by Gasteiger charge is -2.14. The summed E-state index contributed by atoms with van der Waals surface area (Å²) in [5.74, 6) is 2.32. The number of ether oxygens (including phenoxy) is 1. The monoisotopic (exact) mass is 393 g/mol. The molecule has 0 N–H and O–H groups in total. The Labute approximate surface area is 161 Å². The molecule has 3 rings (SSSR count). The van der Waals surface area contributed by atoms with Gasteiger partial charge in [0.1, 0.15) is 5.75 Å². The van der Waals surface area contributed by atoms with Gasteiger partial charge in [-0.25, -0.2) is 0 Å². The average Bonchev–Trinajstić information content (AvgIpc) is 2.98. The van der Waals surface area contributed by atoms with Crippen molar-refractivity contribution < 1.29 is 4.74 Å². The molecule has 1 heterocycles. The van der Waals surface area contributed by atoms with Crippen molar-refractivity contribution >= 4 is 35.0 Å². The molecule has 130 valence electrons. The molecule has 1 atom stereocenters. The fourth-order valence-corrected chi connectivity index (χ4v) is 3.52. The first-order valence-electron chi connectivity index (χ1n) is 7.72. The number of hydrogen-bond acceptors (Lipinski definition) is 4. The van der Waals surface area contributed by atoms with Crippen LogP contribution < -0.4 is 4.74 Å². The first-order valence-corrected chi connectivity index (χ1v) is 9.46. The van der Waals surface area contributed by atoms with Gasteiger partial charge in [-0.05, 0) is 36.8 Å². The van der Waals surface area contributed by atoms with Crippen molar-refractivity contribution in [2.75, 3.05) is 0 Å². The van der Waals surface area contributed by atoms with Crippen LogP contribution in [0.3, 0.4) is 0 Å². The predicted molar refractivity (Wildman–Crippen MR) is 103 cm³/mol. The fraction of sp³-hybridized carbons (Fsp3) is 0.222. The van der Waals surface area contributed by atoms with Gasteiger partial charge in [0.2, 0.25) is 0 Å². The van der Waals surface area contributed by atoms with Gasteiger partial charge >= 0.3 is 0 Å². The van der Waals surface area contributed by atoms with Crippen LogP contribution in [-0.4, -0.2) is 14.8 Å². The van der Waals surface area contributed by atoms with Gasteiger partial charge in [0.25, 0.3) is 0 Å². The Morgan fingerprint density at radius 1 is 1.08 bits per heavy atom. The van der Waals surface area contributed by atoms with E-state index < -0.39 is 0 Å². The number of thioether (sulfide) groups is 1. The molecule has 0 aliphatic rings. The number of halogens is 2. The minimum absolute atomic E-state index is 0.195. The SMILES string of the molecule is CC(Oc1ccccc1)c1nnc(SCc2ccc(Cl)c(Cl)c2)n1C. The molecule has 0 bridgehead atoms. The summed E-state index contributed by atoms with van der Waals surface area (Å²) >= 11 is 13.6. The molecule has 0 spiro atoms. The number of aromatic nitrogens is 3. The van der Waals surface area contributed by atoms with Crippen molar-refractivity contribution in [3.63, 3.8) is 0 Å². The third-order valence-corrected chi connectivity index (χ3v) is 5.47. The molecule has 1 aromatic heterocycles. The second-order valence-corrected chi connectivity index (χ2v) is 7.27. The van der Waals surface area contributed by atoms with E-state index in [9.17, 15) is 0 Å². The van der Waals surface area contributed by atoms with Gasteiger partial charge in [-0.3, -0.25) is 0 Å². The Morgan fingerprint density at radius 3 is 2.56 bits per heavy atom. The van der Waals surface area contributed by atoms with Gasteiger partial charge in [0, 0.05) is 12.8 Å². The van der Waals surface area contributed by atoms with E-state index >= 15 is 0 Å². The summed E-state index contributed by atoms with van der Waals surface area (Å²) in [6, 6.07) is 15.3. The maximum atomic E-state index is 6.06. The summed E-state index contributed by atoms with van der Waals surface area (Å²) < 4.78 is 7.88. The summed E-state index contributed by atoms with van der Waals surface area (Å²) in [6.07, 6.45) is -0.195. The van der Waals surface area contributed by atoms with Crippen LogP contribution in [0.15, 0.2) is 53.7 Å². The molecule has 2 aromatic carbocycles. The first-order chi connectivity index (χ1) is 12.0. The highest BCUT2D eigenvalue weighted by molar-refractivity contribution is 7.98. The Balaban J connectivity index is 1.67. The molecule has 0 aliphatic carbocycles. The van der Waals surface area contributed by atoms with Gasteiger partial charge < -0.3 is 9.30 Å². The van der Waals surface area contributed by atoms with E-state index in [1.807, 2.05) is 61.0 Å². The van der Waals surface area contributed by atoms with Crippen LogP contribution in [0, 0.1) is 0 Å². The first kappa shape index (κ1) is 18.1. The summed E-state index contributed by atoms with van der Waals surface area (Å²) in [7, 11) is 1.94. The van der Waals surface area contributed by atoms with Crippen LogP contribution >= 0.6 is 35.0 Å². The maximum Gasteiger partial charge on any atom is 0.191 e. The van der Waals surface area contributed by atoms with Gasteiger partial charge in [-0.2, -0.15) is 0 Å². The topological polar surface area (TPSA) is 39.9 Å². The lowest BCUT2D eigenvalue weighted by Crippen LogP contribution is -2.10. The van der Waals surface area contributed by atoms with E-state index in [4.69, 9.17) is 27.9 Å². The molecule has 0 saturated carbocycles. The largest absolute Gasteiger partial charge is 0.483 e. The van der Waals surface area contributed by atoms with E-state index in [0.29, 0.717) is 10.0 Å². The zero-order valence-electron chi connectivity index (χ0n) is 13.8. The van der Waals surface area contributed by atoms with Gasteiger partial charge in [-0.1, -0.05) is 59.2 Å².